The van der Waals surface area contributed by atoms with Gasteiger partial charge in [-0.1, -0.05) is 6.08 Å². The Morgan fingerprint density at radius 2 is 2.12 bits per heavy atom. The molecule has 0 atom stereocenters. The SMILES string of the molecule is C=CCc1nc(C)nc2[nH]c(=O)n(C)c(=O)c12. The molecular weight excluding hydrogens is 220 g/mol. The minimum Gasteiger partial charge on any atom is -0.291 e. The van der Waals surface area contributed by atoms with Gasteiger partial charge < -0.3 is 0 Å². The first-order valence-electron chi connectivity index (χ1n) is 5.12. The summed E-state index contributed by atoms with van der Waals surface area (Å²) in [5, 5.41) is 0.345. The lowest BCUT2D eigenvalue weighted by molar-refractivity contribution is 0.785. The summed E-state index contributed by atoms with van der Waals surface area (Å²) in [7, 11) is 1.41. The molecule has 1 N–H and O–H groups in total. The third-order valence-corrected chi connectivity index (χ3v) is 2.48. The van der Waals surface area contributed by atoms with Crippen molar-refractivity contribution in [2.75, 3.05) is 0 Å². The molecule has 0 amide bonds. The second-order valence-corrected chi connectivity index (χ2v) is 3.73. The van der Waals surface area contributed by atoms with Crippen LogP contribution in [0.3, 0.4) is 0 Å². The minimum atomic E-state index is -0.481. The monoisotopic (exact) mass is 232 g/mol. The summed E-state index contributed by atoms with van der Waals surface area (Å²) in [4.78, 5) is 34.3. The van der Waals surface area contributed by atoms with Crippen LogP contribution in [0.15, 0.2) is 22.2 Å². The van der Waals surface area contributed by atoms with Gasteiger partial charge in [0.2, 0.25) is 0 Å². The van der Waals surface area contributed by atoms with Gasteiger partial charge >= 0.3 is 5.69 Å². The van der Waals surface area contributed by atoms with E-state index in [0.717, 1.165) is 4.57 Å². The number of hydrogen-bond acceptors (Lipinski definition) is 4. The van der Waals surface area contributed by atoms with Crippen molar-refractivity contribution >= 4 is 11.0 Å². The largest absolute Gasteiger partial charge is 0.329 e. The fourth-order valence-corrected chi connectivity index (χ4v) is 1.68. The fourth-order valence-electron chi connectivity index (χ4n) is 1.68. The maximum Gasteiger partial charge on any atom is 0.329 e. The molecule has 0 unspecified atom stereocenters. The van der Waals surface area contributed by atoms with Gasteiger partial charge in [-0.3, -0.25) is 14.3 Å². The van der Waals surface area contributed by atoms with Crippen molar-refractivity contribution in [2.45, 2.75) is 13.3 Å². The molecule has 0 bridgehead atoms. The smallest absolute Gasteiger partial charge is 0.291 e. The minimum absolute atomic E-state index is 0.280. The van der Waals surface area contributed by atoms with Crippen LogP contribution in [0.1, 0.15) is 11.5 Å². The summed E-state index contributed by atoms with van der Waals surface area (Å²) < 4.78 is 1.01. The number of allylic oxidation sites excluding steroid dienone is 1. The van der Waals surface area contributed by atoms with Crippen LogP contribution >= 0.6 is 0 Å². The van der Waals surface area contributed by atoms with E-state index < -0.39 is 5.69 Å². The van der Waals surface area contributed by atoms with Gasteiger partial charge in [0.1, 0.15) is 11.2 Å². The molecule has 0 aromatic carbocycles. The van der Waals surface area contributed by atoms with E-state index in [1.54, 1.807) is 13.0 Å². The molecule has 6 heteroatoms. The molecule has 0 aliphatic rings. The number of hydrogen-bond donors (Lipinski definition) is 1. The third-order valence-electron chi connectivity index (χ3n) is 2.48. The Kier molecular flexibility index (Phi) is 2.63. The lowest BCUT2D eigenvalue weighted by atomic mass is 10.2. The van der Waals surface area contributed by atoms with E-state index in [2.05, 4.69) is 21.5 Å². The van der Waals surface area contributed by atoms with Gasteiger partial charge in [-0.2, -0.15) is 0 Å². The van der Waals surface area contributed by atoms with E-state index in [-0.39, 0.29) is 11.2 Å². The van der Waals surface area contributed by atoms with Gasteiger partial charge in [0.15, 0.2) is 5.65 Å². The van der Waals surface area contributed by atoms with Crippen LogP contribution in [-0.4, -0.2) is 19.5 Å². The number of fused-ring (bicyclic) bond motifs is 1. The van der Waals surface area contributed by atoms with Crippen molar-refractivity contribution in [3.8, 4) is 0 Å². The first kappa shape index (κ1) is 11.3. The number of nitrogens with one attached hydrogen (secondary N) is 1. The van der Waals surface area contributed by atoms with E-state index in [1.165, 1.54) is 7.05 Å². The maximum absolute atomic E-state index is 12.0. The van der Waals surface area contributed by atoms with Gasteiger partial charge in [0.05, 0.1) is 5.69 Å². The molecule has 2 heterocycles. The van der Waals surface area contributed by atoms with Crippen LogP contribution in [0.2, 0.25) is 0 Å². The van der Waals surface area contributed by atoms with Crippen LogP contribution < -0.4 is 11.2 Å². The van der Waals surface area contributed by atoms with Crippen molar-refractivity contribution < 1.29 is 0 Å². The zero-order chi connectivity index (χ0) is 12.6. The Hall–Kier alpha value is -2.24. The van der Waals surface area contributed by atoms with Crippen molar-refractivity contribution in [3.05, 3.63) is 45.0 Å². The van der Waals surface area contributed by atoms with E-state index in [9.17, 15) is 9.59 Å². The molecule has 0 fully saturated rings. The lowest BCUT2D eigenvalue weighted by Gasteiger charge is -2.05. The number of nitrogens with zero attached hydrogens (tertiary/aromatic N) is 3. The highest BCUT2D eigenvalue weighted by molar-refractivity contribution is 5.76. The molecule has 2 rings (SSSR count). The molecule has 88 valence electrons. The van der Waals surface area contributed by atoms with Gasteiger partial charge in [-0.25, -0.2) is 14.8 Å². The van der Waals surface area contributed by atoms with Gasteiger partial charge in [0.25, 0.3) is 5.56 Å². The zero-order valence-electron chi connectivity index (χ0n) is 9.65. The predicted octanol–water partition coefficient (Wildman–Crippen LogP) is 0.0537. The summed E-state index contributed by atoms with van der Waals surface area (Å²) in [6.45, 7) is 5.33. The van der Waals surface area contributed by atoms with Crippen molar-refractivity contribution in [3.63, 3.8) is 0 Å². The number of aryl methyl sites for hydroxylation is 1. The zero-order valence-corrected chi connectivity index (χ0v) is 9.65. The first-order valence-corrected chi connectivity index (χ1v) is 5.12. The molecule has 2 aromatic heterocycles. The molecule has 0 aliphatic carbocycles. The Bertz CT molecular complexity index is 712. The fraction of sp³-hybridized carbons (Fsp3) is 0.273. The van der Waals surface area contributed by atoms with Gasteiger partial charge in [-0.15, -0.1) is 6.58 Å². The van der Waals surface area contributed by atoms with E-state index in [0.29, 0.717) is 23.3 Å². The molecule has 6 nitrogen and oxygen atoms in total. The molecule has 0 spiro atoms. The molecule has 17 heavy (non-hydrogen) atoms. The maximum atomic E-state index is 12.0. The van der Waals surface area contributed by atoms with E-state index >= 15 is 0 Å². The Labute approximate surface area is 96.7 Å². The number of H-pyrrole nitrogens is 1. The molecule has 0 aliphatic heterocycles. The summed E-state index contributed by atoms with van der Waals surface area (Å²) in [6, 6.07) is 0. The average molecular weight is 232 g/mol. The second kappa shape index (κ2) is 3.97. The van der Waals surface area contributed by atoms with E-state index in [4.69, 9.17) is 0 Å². The number of aromatic amines is 1. The number of aromatic nitrogens is 4. The van der Waals surface area contributed by atoms with E-state index in [1.807, 2.05) is 0 Å². The van der Waals surface area contributed by atoms with Crippen LogP contribution in [0.4, 0.5) is 0 Å². The topological polar surface area (TPSA) is 80.6 Å². The first-order chi connectivity index (χ1) is 8.04. The Morgan fingerprint density at radius 3 is 2.76 bits per heavy atom. The Morgan fingerprint density at radius 1 is 1.41 bits per heavy atom. The van der Waals surface area contributed by atoms with Gasteiger partial charge in [-0.05, 0) is 6.92 Å². The van der Waals surface area contributed by atoms with Crippen LogP contribution in [0, 0.1) is 6.92 Å². The summed E-state index contributed by atoms with van der Waals surface area (Å²) in [6.07, 6.45) is 2.12. The molecule has 0 saturated heterocycles. The molecule has 0 saturated carbocycles. The Balaban J connectivity index is 3.01. The third kappa shape index (κ3) is 1.77. The highest BCUT2D eigenvalue weighted by Gasteiger charge is 2.11. The molecule has 2 aromatic rings. The summed E-state index contributed by atoms with van der Waals surface area (Å²) in [5.41, 5.74) is -0.00690. The standard InChI is InChI=1S/C11H12N4O2/c1-4-5-7-8-9(13-6(2)12-7)14-11(17)15(3)10(8)16/h4H,1,5H2,2-3H3,(H,12,13,14,17). The second-order valence-electron chi connectivity index (χ2n) is 3.73. The van der Waals surface area contributed by atoms with Crippen molar-refractivity contribution in [2.24, 2.45) is 7.05 Å². The van der Waals surface area contributed by atoms with Crippen molar-refractivity contribution in [1.29, 1.82) is 0 Å². The van der Waals surface area contributed by atoms with Gasteiger partial charge in [0, 0.05) is 13.5 Å². The van der Waals surface area contributed by atoms with Crippen LogP contribution in [-0.2, 0) is 13.5 Å². The highest BCUT2D eigenvalue weighted by Crippen LogP contribution is 2.09. The summed E-state index contributed by atoms with van der Waals surface area (Å²) >= 11 is 0. The van der Waals surface area contributed by atoms with Crippen LogP contribution in [0.25, 0.3) is 11.0 Å². The summed E-state index contributed by atoms with van der Waals surface area (Å²) in [5.74, 6) is 0.512. The number of rotatable bonds is 2. The van der Waals surface area contributed by atoms with Crippen molar-refractivity contribution in [1.82, 2.24) is 19.5 Å². The molecular formula is C11H12N4O2. The highest BCUT2D eigenvalue weighted by atomic mass is 16.2. The molecule has 0 radical (unpaired) electrons. The quantitative estimate of drug-likeness (QED) is 0.742. The predicted molar refractivity (Wildman–Crippen MR) is 64.0 cm³/mol. The average Bonchev–Trinajstić information content (AvgIpc) is 2.25. The normalized spacial score (nSPS) is 10.7. The van der Waals surface area contributed by atoms with Crippen LogP contribution in [0.5, 0.6) is 0 Å². The lowest BCUT2D eigenvalue weighted by Crippen LogP contribution is -2.33.